The molecule has 0 aromatic heterocycles. The zero-order valence-electron chi connectivity index (χ0n) is 22.7. The quantitative estimate of drug-likeness (QED) is 0.403. The standard InChI is InChI=1S/C30H42O3/c1-27(2,3)17-13-19-23(21(15-17)29(7,8)9)31-26-20-14-18(28(4,5)6)16-22(30(10,11)12)24(20)32-25(19)33-26/h13-16,25-26H,1-12H3. The van der Waals surface area contributed by atoms with Gasteiger partial charge in [-0.25, -0.2) is 0 Å². The Morgan fingerprint density at radius 3 is 1.09 bits per heavy atom. The molecule has 33 heavy (non-hydrogen) atoms. The summed E-state index contributed by atoms with van der Waals surface area (Å²) in [7, 11) is 0. The summed E-state index contributed by atoms with van der Waals surface area (Å²) >= 11 is 0. The second-order valence-corrected chi connectivity index (χ2v) is 13.9. The molecule has 0 amide bonds. The molecule has 2 heterocycles. The molecule has 3 nitrogen and oxygen atoms in total. The van der Waals surface area contributed by atoms with Crippen LogP contribution in [0, 0.1) is 0 Å². The van der Waals surface area contributed by atoms with E-state index in [4.69, 9.17) is 14.2 Å². The molecule has 2 unspecified atom stereocenters. The molecule has 2 bridgehead atoms. The van der Waals surface area contributed by atoms with E-state index in [1.807, 2.05) is 0 Å². The Kier molecular flexibility index (Phi) is 5.30. The van der Waals surface area contributed by atoms with Gasteiger partial charge in [0, 0.05) is 11.1 Å². The minimum Gasteiger partial charge on any atom is -0.459 e. The van der Waals surface area contributed by atoms with E-state index in [9.17, 15) is 0 Å². The zero-order valence-corrected chi connectivity index (χ0v) is 22.7. The number of rotatable bonds is 0. The van der Waals surface area contributed by atoms with Gasteiger partial charge in [0.1, 0.15) is 11.5 Å². The summed E-state index contributed by atoms with van der Waals surface area (Å²) in [6.45, 7) is 26.9. The summed E-state index contributed by atoms with van der Waals surface area (Å²) in [5.74, 6) is 1.83. The van der Waals surface area contributed by atoms with Gasteiger partial charge in [0.25, 0.3) is 0 Å². The predicted octanol–water partition coefficient (Wildman–Crippen LogP) is 8.38. The topological polar surface area (TPSA) is 27.7 Å². The molecule has 3 heteroatoms. The molecule has 180 valence electrons. The maximum absolute atomic E-state index is 6.69. The van der Waals surface area contributed by atoms with Crippen molar-refractivity contribution < 1.29 is 14.2 Å². The minimum absolute atomic E-state index is 0.0105. The SMILES string of the molecule is CC(C)(C)c1cc2c(c(C(C)(C)C)c1)OC1OC2Oc2c1cc(C(C)(C)C)cc2C(C)(C)C. The first-order valence-corrected chi connectivity index (χ1v) is 12.2. The van der Waals surface area contributed by atoms with Crippen LogP contribution in [0.25, 0.3) is 0 Å². The molecule has 0 aliphatic carbocycles. The number of ether oxygens (including phenoxy) is 3. The third-order valence-corrected chi connectivity index (χ3v) is 6.79. The highest BCUT2D eigenvalue weighted by molar-refractivity contribution is 5.56. The van der Waals surface area contributed by atoms with Crippen LogP contribution in [-0.2, 0) is 26.4 Å². The monoisotopic (exact) mass is 450 g/mol. The largest absolute Gasteiger partial charge is 0.459 e. The highest BCUT2D eigenvalue weighted by atomic mass is 16.8. The Bertz CT molecular complexity index is 994. The van der Waals surface area contributed by atoms with Gasteiger partial charge in [-0.3, -0.25) is 4.74 Å². The van der Waals surface area contributed by atoms with E-state index in [0.717, 1.165) is 22.6 Å². The molecule has 0 fully saturated rings. The molecule has 0 saturated carbocycles. The van der Waals surface area contributed by atoms with Crippen molar-refractivity contribution in [3.63, 3.8) is 0 Å². The lowest BCUT2D eigenvalue weighted by Gasteiger charge is -2.42. The van der Waals surface area contributed by atoms with Crippen LogP contribution in [0.15, 0.2) is 24.3 Å². The summed E-state index contributed by atoms with van der Waals surface area (Å²) in [6.07, 6.45) is -0.951. The van der Waals surface area contributed by atoms with E-state index in [2.05, 4.69) is 107 Å². The average Bonchev–Trinajstić information content (AvgIpc) is 2.63. The Hall–Kier alpha value is -2.00. The van der Waals surface area contributed by atoms with Crippen molar-refractivity contribution in [3.8, 4) is 11.5 Å². The number of fused-ring (bicyclic) bond motifs is 6. The molecule has 2 aromatic carbocycles. The fourth-order valence-corrected chi connectivity index (χ4v) is 4.55. The van der Waals surface area contributed by atoms with Crippen LogP contribution >= 0.6 is 0 Å². The van der Waals surface area contributed by atoms with Gasteiger partial charge >= 0.3 is 0 Å². The zero-order chi connectivity index (χ0) is 24.7. The molecule has 2 aliphatic rings. The highest BCUT2D eigenvalue weighted by Gasteiger charge is 2.43. The second kappa shape index (κ2) is 7.25. The van der Waals surface area contributed by atoms with Crippen LogP contribution in [0.5, 0.6) is 11.5 Å². The van der Waals surface area contributed by atoms with Gasteiger partial charge in [-0.2, -0.15) is 0 Å². The van der Waals surface area contributed by atoms with Crippen LogP contribution in [0.2, 0.25) is 0 Å². The molecular weight excluding hydrogens is 408 g/mol. The maximum Gasteiger partial charge on any atom is 0.233 e. The first-order valence-electron chi connectivity index (χ1n) is 12.2. The van der Waals surface area contributed by atoms with E-state index < -0.39 is 12.6 Å². The molecular formula is C30H42O3. The minimum atomic E-state index is -0.476. The lowest BCUT2D eigenvalue weighted by molar-refractivity contribution is -0.228. The van der Waals surface area contributed by atoms with Crippen LogP contribution in [-0.4, -0.2) is 0 Å². The van der Waals surface area contributed by atoms with E-state index >= 15 is 0 Å². The van der Waals surface area contributed by atoms with Crippen molar-refractivity contribution in [2.45, 2.75) is 117 Å². The number of benzene rings is 2. The number of hydrogen-bond donors (Lipinski definition) is 0. The first kappa shape index (κ1) is 24.1. The normalized spacial score (nSPS) is 20.5. The van der Waals surface area contributed by atoms with Gasteiger partial charge in [0.2, 0.25) is 12.6 Å². The number of hydrogen-bond acceptors (Lipinski definition) is 3. The summed E-state index contributed by atoms with van der Waals surface area (Å²) in [6, 6.07) is 9.06. The van der Waals surface area contributed by atoms with Crippen molar-refractivity contribution in [2.75, 3.05) is 0 Å². The molecule has 4 rings (SSSR count). The maximum atomic E-state index is 6.69. The molecule has 2 aliphatic heterocycles. The molecule has 0 saturated heterocycles. The Labute approximate surface area is 200 Å². The summed E-state index contributed by atoms with van der Waals surface area (Å²) in [5.41, 5.74) is 6.83. The van der Waals surface area contributed by atoms with E-state index in [-0.39, 0.29) is 21.7 Å². The smallest absolute Gasteiger partial charge is 0.233 e. The van der Waals surface area contributed by atoms with Crippen LogP contribution in [0.1, 0.15) is 129 Å². The van der Waals surface area contributed by atoms with E-state index in [0.29, 0.717) is 0 Å². The van der Waals surface area contributed by atoms with Crippen LogP contribution in [0.4, 0.5) is 0 Å². The van der Waals surface area contributed by atoms with Crippen LogP contribution in [0.3, 0.4) is 0 Å². The van der Waals surface area contributed by atoms with Crippen molar-refractivity contribution in [3.05, 3.63) is 57.6 Å². The first-order chi connectivity index (χ1) is 14.9. The fraction of sp³-hybridized carbons (Fsp3) is 0.600. The third-order valence-electron chi connectivity index (χ3n) is 6.79. The Balaban J connectivity index is 1.94. The fourth-order valence-electron chi connectivity index (χ4n) is 4.55. The molecule has 0 N–H and O–H groups in total. The second-order valence-electron chi connectivity index (χ2n) is 13.9. The van der Waals surface area contributed by atoms with Gasteiger partial charge in [-0.15, -0.1) is 0 Å². The van der Waals surface area contributed by atoms with Crippen molar-refractivity contribution in [2.24, 2.45) is 0 Å². The lowest BCUT2D eigenvalue weighted by Crippen LogP contribution is -2.34. The molecule has 2 aromatic rings. The molecule has 2 atom stereocenters. The van der Waals surface area contributed by atoms with Crippen molar-refractivity contribution in [1.29, 1.82) is 0 Å². The third kappa shape index (κ3) is 4.30. The lowest BCUT2D eigenvalue weighted by atomic mass is 9.77. The molecule has 0 spiro atoms. The average molecular weight is 451 g/mol. The van der Waals surface area contributed by atoms with Gasteiger partial charge in [-0.05, 0) is 44.9 Å². The summed E-state index contributed by atoms with van der Waals surface area (Å²) < 4.78 is 19.8. The van der Waals surface area contributed by atoms with E-state index in [1.165, 1.54) is 22.3 Å². The van der Waals surface area contributed by atoms with Crippen LogP contribution < -0.4 is 9.47 Å². The van der Waals surface area contributed by atoms with Gasteiger partial charge in [-0.1, -0.05) is 95.2 Å². The Morgan fingerprint density at radius 1 is 0.485 bits per heavy atom. The molecule has 0 radical (unpaired) electrons. The van der Waals surface area contributed by atoms with Crippen molar-refractivity contribution in [1.82, 2.24) is 0 Å². The summed E-state index contributed by atoms with van der Waals surface area (Å²) in [5, 5.41) is 0. The van der Waals surface area contributed by atoms with Crippen molar-refractivity contribution >= 4 is 0 Å². The van der Waals surface area contributed by atoms with Gasteiger partial charge in [0.15, 0.2) is 0 Å². The van der Waals surface area contributed by atoms with E-state index in [1.54, 1.807) is 0 Å². The van der Waals surface area contributed by atoms with Gasteiger partial charge < -0.3 is 9.47 Å². The predicted molar refractivity (Wildman–Crippen MR) is 136 cm³/mol. The Morgan fingerprint density at radius 2 is 0.818 bits per heavy atom. The highest BCUT2D eigenvalue weighted by Crippen LogP contribution is 2.54. The van der Waals surface area contributed by atoms with Gasteiger partial charge in [0.05, 0.1) is 11.1 Å². The summed E-state index contributed by atoms with van der Waals surface area (Å²) in [4.78, 5) is 0.